The Morgan fingerprint density at radius 3 is 2.58 bits per heavy atom. The fraction of sp³-hybridized carbons (Fsp3) is 0.286. The first-order valence-electron chi connectivity index (χ1n) is 6.22. The van der Waals surface area contributed by atoms with Crippen LogP contribution < -0.4 is 11.1 Å². The zero-order valence-electron chi connectivity index (χ0n) is 11.1. The van der Waals surface area contributed by atoms with Crippen LogP contribution in [0.2, 0.25) is 5.28 Å². The van der Waals surface area contributed by atoms with Crippen LogP contribution in [0.5, 0.6) is 0 Å². The van der Waals surface area contributed by atoms with Crippen LogP contribution in [0.15, 0.2) is 24.3 Å². The molecule has 3 N–H and O–H groups in total. The molecular weight excluding hydrogens is 260 g/mol. The lowest BCUT2D eigenvalue weighted by atomic mass is 10.1. The van der Waals surface area contributed by atoms with E-state index in [1.54, 1.807) is 0 Å². The van der Waals surface area contributed by atoms with E-state index in [2.05, 4.69) is 34.3 Å². The molecule has 0 aliphatic rings. The molecule has 0 spiro atoms. The van der Waals surface area contributed by atoms with Crippen molar-refractivity contribution in [1.29, 1.82) is 0 Å². The molecule has 5 heteroatoms. The van der Waals surface area contributed by atoms with Gasteiger partial charge in [-0.3, -0.25) is 0 Å². The quantitative estimate of drug-likeness (QED) is 0.842. The molecule has 1 heterocycles. The standard InChI is InChI=1S/C14H17ClN4/c1-3-10-6-4-5-7-11(10)8-17-13-12(16)9(2)18-14(15)19-13/h4-7H,3,8,16H2,1-2H3,(H,17,18,19). The van der Waals surface area contributed by atoms with Gasteiger partial charge in [0, 0.05) is 6.54 Å². The predicted octanol–water partition coefficient (Wildman–Crippen LogP) is 3.20. The van der Waals surface area contributed by atoms with E-state index >= 15 is 0 Å². The molecule has 0 aliphatic heterocycles. The Balaban J connectivity index is 2.19. The van der Waals surface area contributed by atoms with Crippen molar-refractivity contribution in [2.45, 2.75) is 26.8 Å². The van der Waals surface area contributed by atoms with Gasteiger partial charge in [0.05, 0.1) is 11.4 Å². The van der Waals surface area contributed by atoms with Gasteiger partial charge in [-0.15, -0.1) is 0 Å². The molecule has 0 aliphatic carbocycles. The van der Waals surface area contributed by atoms with Crippen LogP contribution in [0.4, 0.5) is 11.5 Å². The van der Waals surface area contributed by atoms with E-state index in [1.807, 2.05) is 19.1 Å². The number of nitrogens with one attached hydrogen (secondary N) is 1. The van der Waals surface area contributed by atoms with Crippen LogP contribution in [-0.4, -0.2) is 9.97 Å². The number of anilines is 2. The van der Waals surface area contributed by atoms with Gasteiger partial charge in [-0.05, 0) is 36.1 Å². The molecule has 0 radical (unpaired) electrons. The minimum Gasteiger partial charge on any atom is -0.394 e. The number of hydrogen-bond acceptors (Lipinski definition) is 4. The van der Waals surface area contributed by atoms with Gasteiger partial charge in [-0.1, -0.05) is 31.2 Å². The van der Waals surface area contributed by atoms with Crippen molar-refractivity contribution in [3.05, 3.63) is 46.4 Å². The first-order valence-corrected chi connectivity index (χ1v) is 6.60. The van der Waals surface area contributed by atoms with E-state index in [4.69, 9.17) is 17.3 Å². The molecule has 4 nitrogen and oxygen atoms in total. The van der Waals surface area contributed by atoms with Crippen molar-refractivity contribution >= 4 is 23.1 Å². The molecule has 0 unspecified atom stereocenters. The third kappa shape index (κ3) is 3.15. The molecule has 0 fully saturated rings. The van der Waals surface area contributed by atoms with Gasteiger partial charge in [0.25, 0.3) is 0 Å². The average Bonchev–Trinajstić information content (AvgIpc) is 2.41. The summed E-state index contributed by atoms with van der Waals surface area (Å²) in [5.74, 6) is 0.586. The number of nitrogens with zero attached hydrogens (tertiary/aromatic N) is 2. The largest absolute Gasteiger partial charge is 0.394 e. The molecule has 2 aromatic rings. The van der Waals surface area contributed by atoms with E-state index < -0.39 is 0 Å². The van der Waals surface area contributed by atoms with Gasteiger partial charge in [-0.2, -0.15) is 4.98 Å². The molecule has 0 saturated carbocycles. The highest BCUT2D eigenvalue weighted by Crippen LogP contribution is 2.21. The van der Waals surface area contributed by atoms with Crippen LogP contribution in [-0.2, 0) is 13.0 Å². The molecule has 1 aromatic heterocycles. The number of benzene rings is 1. The van der Waals surface area contributed by atoms with E-state index in [0.717, 1.165) is 6.42 Å². The molecular formula is C14H17ClN4. The number of hydrogen-bond donors (Lipinski definition) is 2. The van der Waals surface area contributed by atoms with Crippen molar-refractivity contribution < 1.29 is 0 Å². The van der Waals surface area contributed by atoms with Crippen LogP contribution in [0.3, 0.4) is 0 Å². The Morgan fingerprint density at radius 1 is 1.21 bits per heavy atom. The Hall–Kier alpha value is -1.81. The maximum absolute atomic E-state index is 5.94. The highest BCUT2D eigenvalue weighted by atomic mass is 35.5. The highest BCUT2D eigenvalue weighted by molar-refractivity contribution is 6.28. The lowest BCUT2D eigenvalue weighted by molar-refractivity contribution is 1.02. The predicted molar refractivity (Wildman–Crippen MR) is 79.3 cm³/mol. The third-order valence-electron chi connectivity index (χ3n) is 3.05. The number of aromatic nitrogens is 2. The Morgan fingerprint density at radius 2 is 1.89 bits per heavy atom. The zero-order valence-corrected chi connectivity index (χ0v) is 11.8. The number of aryl methyl sites for hydroxylation is 2. The lowest BCUT2D eigenvalue weighted by Crippen LogP contribution is -2.08. The topological polar surface area (TPSA) is 63.8 Å². The number of rotatable bonds is 4. The fourth-order valence-corrected chi connectivity index (χ4v) is 2.15. The van der Waals surface area contributed by atoms with Crippen molar-refractivity contribution in [3.8, 4) is 0 Å². The smallest absolute Gasteiger partial charge is 0.224 e. The minimum atomic E-state index is 0.206. The summed E-state index contributed by atoms with van der Waals surface area (Å²) in [6, 6.07) is 8.29. The van der Waals surface area contributed by atoms with Gasteiger partial charge in [0.15, 0.2) is 5.82 Å². The first-order chi connectivity index (χ1) is 9.11. The summed E-state index contributed by atoms with van der Waals surface area (Å²) in [5.41, 5.74) is 9.71. The second-order valence-electron chi connectivity index (χ2n) is 4.32. The zero-order chi connectivity index (χ0) is 13.8. The molecule has 1 aromatic carbocycles. The molecule has 0 atom stereocenters. The van der Waals surface area contributed by atoms with Crippen molar-refractivity contribution in [2.24, 2.45) is 0 Å². The van der Waals surface area contributed by atoms with Crippen LogP contribution >= 0.6 is 11.6 Å². The molecule has 0 amide bonds. The fourth-order valence-electron chi connectivity index (χ4n) is 1.94. The second kappa shape index (κ2) is 5.89. The summed E-state index contributed by atoms with van der Waals surface area (Å²) >= 11 is 5.84. The molecule has 19 heavy (non-hydrogen) atoms. The summed E-state index contributed by atoms with van der Waals surface area (Å²) in [7, 11) is 0. The van der Waals surface area contributed by atoms with Gasteiger partial charge in [0.1, 0.15) is 0 Å². The van der Waals surface area contributed by atoms with Crippen LogP contribution in [0.25, 0.3) is 0 Å². The minimum absolute atomic E-state index is 0.206. The molecule has 2 rings (SSSR count). The van der Waals surface area contributed by atoms with Gasteiger partial charge in [-0.25, -0.2) is 4.98 Å². The van der Waals surface area contributed by atoms with Gasteiger partial charge < -0.3 is 11.1 Å². The maximum Gasteiger partial charge on any atom is 0.224 e. The van der Waals surface area contributed by atoms with Crippen molar-refractivity contribution in [1.82, 2.24) is 9.97 Å². The monoisotopic (exact) mass is 276 g/mol. The first kappa shape index (κ1) is 13.6. The Kier molecular flexibility index (Phi) is 4.22. The Labute approximate surface area is 118 Å². The van der Waals surface area contributed by atoms with E-state index in [0.29, 0.717) is 23.7 Å². The average molecular weight is 277 g/mol. The van der Waals surface area contributed by atoms with E-state index in [9.17, 15) is 0 Å². The second-order valence-corrected chi connectivity index (χ2v) is 4.65. The third-order valence-corrected chi connectivity index (χ3v) is 3.22. The van der Waals surface area contributed by atoms with Crippen LogP contribution in [0, 0.1) is 6.92 Å². The summed E-state index contributed by atoms with van der Waals surface area (Å²) in [5, 5.41) is 3.43. The summed E-state index contributed by atoms with van der Waals surface area (Å²) < 4.78 is 0. The van der Waals surface area contributed by atoms with E-state index in [-0.39, 0.29) is 5.28 Å². The molecule has 0 saturated heterocycles. The Bertz CT molecular complexity index is 584. The number of halogens is 1. The summed E-state index contributed by atoms with van der Waals surface area (Å²) in [6.07, 6.45) is 0.997. The lowest BCUT2D eigenvalue weighted by Gasteiger charge is -2.12. The SMILES string of the molecule is CCc1ccccc1CNc1nc(Cl)nc(C)c1N. The van der Waals surface area contributed by atoms with Crippen molar-refractivity contribution in [3.63, 3.8) is 0 Å². The number of nitrogens with two attached hydrogens (primary N) is 1. The highest BCUT2D eigenvalue weighted by Gasteiger charge is 2.08. The van der Waals surface area contributed by atoms with Crippen molar-refractivity contribution in [2.75, 3.05) is 11.1 Å². The van der Waals surface area contributed by atoms with Crippen LogP contribution in [0.1, 0.15) is 23.7 Å². The normalized spacial score (nSPS) is 10.5. The molecule has 0 bridgehead atoms. The van der Waals surface area contributed by atoms with E-state index in [1.165, 1.54) is 11.1 Å². The van der Waals surface area contributed by atoms with Gasteiger partial charge in [0.2, 0.25) is 5.28 Å². The number of nitrogen functional groups attached to an aromatic ring is 1. The van der Waals surface area contributed by atoms with Gasteiger partial charge >= 0.3 is 0 Å². The maximum atomic E-state index is 5.94. The summed E-state index contributed by atoms with van der Waals surface area (Å²) in [6.45, 7) is 4.62. The summed E-state index contributed by atoms with van der Waals surface area (Å²) in [4.78, 5) is 8.13. The molecule has 100 valence electrons.